The summed E-state index contributed by atoms with van der Waals surface area (Å²) >= 11 is 5.90. The highest BCUT2D eigenvalue weighted by Gasteiger charge is 2.34. The molecule has 5 nitrogen and oxygen atoms in total. The number of nitrogens with one attached hydrogen (secondary N) is 1. The molecule has 3 aromatic rings. The second-order valence-corrected chi connectivity index (χ2v) is 6.80. The van der Waals surface area contributed by atoms with Crippen molar-refractivity contribution in [2.24, 2.45) is 0 Å². The maximum Gasteiger partial charge on any atom is 0.418 e. The van der Waals surface area contributed by atoms with Crippen LogP contribution in [0.4, 0.5) is 18.9 Å². The molecule has 0 fully saturated rings. The van der Waals surface area contributed by atoms with Crippen LogP contribution < -0.4 is 5.32 Å². The molecule has 0 radical (unpaired) electrons. The fraction of sp³-hybridized carbons (Fsp3) is 0.211. The van der Waals surface area contributed by atoms with E-state index in [-0.39, 0.29) is 17.3 Å². The summed E-state index contributed by atoms with van der Waals surface area (Å²) in [6, 6.07) is 11.5. The van der Waals surface area contributed by atoms with Crippen LogP contribution in [0.3, 0.4) is 0 Å². The van der Waals surface area contributed by atoms with Crippen LogP contribution in [0.25, 0.3) is 5.69 Å². The Morgan fingerprint density at radius 1 is 1.11 bits per heavy atom. The van der Waals surface area contributed by atoms with Crippen LogP contribution >= 0.6 is 11.6 Å². The minimum atomic E-state index is -4.59. The summed E-state index contributed by atoms with van der Waals surface area (Å²) in [4.78, 5) is 12.7. The number of aromatic nitrogens is 3. The Morgan fingerprint density at radius 2 is 1.75 bits per heavy atom. The maximum absolute atomic E-state index is 13.2. The molecule has 1 N–H and O–H groups in total. The van der Waals surface area contributed by atoms with Gasteiger partial charge >= 0.3 is 6.18 Å². The first-order chi connectivity index (χ1) is 13.2. The summed E-state index contributed by atoms with van der Waals surface area (Å²) in [5, 5.41) is 10.8. The Bertz CT molecular complexity index is 997. The molecule has 1 aromatic heterocycles. The first-order valence-corrected chi connectivity index (χ1v) is 8.75. The molecule has 1 heterocycles. The number of carbonyl (C=O) groups is 1. The summed E-state index contributed by atoms with van der Waals surface area (Å²) in [5.41, 5.74) is -0.197. The van der Waals surface area contributed by atoms with Gasteiger partial charge in [-0.05, 0) is 42.3 Å². The van der Waals surface area contributed by atoms with E-state index >= 15 is 0 Å². The number of hydrogen-bond donors (Lipinski definition) is 1. The molecule has 0 saturated carbocycles. The van der Waals surface area contributed by atoms with Gasteiger partial charge in [-0.2, -0.15) is 13.2 Å². The van der Waals surface area contributed by atoms with Crippen LogP contribution in [0.1, 0.15) is 41.5 Å². The predicted octanol–water partition coefficient (Wildman–Crippen LogP) is 5.32. The zero-order valence-electron chi connectivity index (χ0n) is 15.0. The molecule has 0 aliphatic carbocycles. The summed E-state index contributed by atoms with van der Waals surface area (Å²) in [7, 11) is 0. The van der Waals surface area contributed by atoms with Gasteiger partial charge in [0, 0.05) is 5.02 Å². The van der Waals surface area contributed by atoms with Crippen molar-refractivity contribution in [2.45, 2.75) is 25.9 Å². The largest absolute Gasteiger partial charge is 0.418 e. The molecule has 1 amide bonds. The molecule has 0 aliphatic heterocycles. The SMILES string of the molecule is CC(C)c1c(C(=O)Nc2ccccc2C(F)(F)F)nnn1-c1ccc(Cl)cc1. The smallest absolute Gasteiger partial charge is 0.320 e. The van der Waals surface area contributed by atoms with Crippen LogP contribution in [-0.2, 0) is 6.18 Å². The molecular weight excluding hydrogens is 393 g/mol. The summed E-state index contributed by atoms with van der Waals surface area (Å²) in [6.07, 6.45) is -4.59. The summed E-state index contributed by atoms with van der Waals surface area (Å²) < 4.78 is 41.0. The van der Waals surface area contributed by atoms with Crippen molar-refractivity contribution in [3.63, 3.8) is 0 Å². The Labute approximate surface area is 164 Å². The van der Waals surface area contributed by atoms with Crippen molar-refractivity contribution < 1.29 is 18.0 Å². The van der Waals surface area contributed by atoms with E-state index in [4.69, 9.17) is 11.6 Å². The fourth-order valence-corrected chi connectivity index (χ4v) is 2.89. The lowest BCUT2D eigenvalue weighted by Gasteiger charge is -2.14. The topological polar surface area (TPSA) is 59.8 Å². The van der Waals surface area contributed by atoms with Crippen LogP contribution in [0.15, 0.2) is 48.5 Å². The molecule has 9 heteroatoms. The van der Waals surface area contributed by atoms with Gasteiger partial charge in [-0.25, -0.2) is 4.68 Å². The molecule has 0 saturated heterocycles. The van der Waals surface area contributed by atoms with Gasteiger partial charge in [0.1, 0.15) is 0 Å². The van der Waals surface area contributed by atoms with E-state index in [1.807, 2.05) is 13.8 Å². The van der Waals surface area contributed by atoms with Crippen molar-refractivity contribution in [3.05, 3.63) is 70.5 Å². The van der Waals surface area contributed by atoms with Gasteiger partial charge in [0.25, 0.3) is 5.91 Å². The average molecular weight is 409 g/mol. The number of para-hydroxylation sites is 1. The summed E-state index contributed by atoms with van der Waals surface area (Å²) in [6.45, 7) is 3.68. The van der Waals surface area contributed by atoms with Gasteiger partial charge in [0.05, 0.1) is 22.6 Å². The van der Waals surface area contributed by atoms with E-state index in [0.29, 0.717) is 16.4 Å². The number of nitrogens with zero attached hydrogens (tertiary/aromatic N) is 3. The third-order valence-electron chi connectivity index (χ3n) is 4.02. The van der Waals surface area contributed by atoms with Crippen molar-refractivity contribution in [1.82, 2.24) is 15.0 Å². The van der Waals surface area contributed by atoms with Gasteiger partial charge in [0.15, 0.2) is 5.69 Å². The molecular formula is C19H16ClF3N4O. The Morgan fingerprint density at radius 3 is 2.36 bits per heavy atom. The molecule has 2 aromatic carbocycles. The van der Waals surface area contributed by atoms with Crippen molar-refractivity contribution in [2.75, 3.05) is 5.32 Å². The minimum Gasteiger partial charge on any atom is -0.320 e. The van der Waals surface area contributed by atoms with Crippen molar-refractivity contribution in [3.8, 4) is 5.69 Å². The van der Waals surface area contributed by atoms with E-state index in [1.165, 1.54) is 22.9 Å². The number of benzene rings is 2. The number of alkyl halides is 3. The number of hydrogen-bond acceptors (Lipinski definition) is 3. The lowest BCUT2D eigenvalue weighted by molar-refractivity contribution is -0.136. The first-order valence-electron chi connectivity index (χ1n) is 8.37. The number of anilines is 1. The fourth-order valence-electron chi connectivity index (χ4n) is 2.76. The monoisotopic (exact) mass is 408 g/mol. The minimum absolute atomic E-state index is 0.0399. The van der Waals surface area contributed by atoms with E-state index in [9.17, 15) is 18.0 Å². The summed E-state index contributed by atoms with van der Waals surface area (Å²) in [5.74, 6) is -0.926. The second-order valence-electron chi connectivity index (χ2n) is 6.36. The van der Waals surface area contributed by atoms with E-state index in [0.717, 1.165) is 6.07 Å². The zero-order valence-corrected chi connectivity index (χ0v) is 15.7. The predicted molar refractivity (Wildman–Crippen MR) is 99.9 cm³/mol. The third kappa shape index (κ3) is 4.01. The molecule has 146 valence electrons. The number of halogens is 4. The standard InChI is InChI=1S/C19H16ClF3N4O/c1-11(2)17-16(25-26-27(17)13-9-7-12(20)8-10-13)18(28)24-15-6-4-3-5-14(15)19(21,22)23/h3-11H,1-2H3,(H,24,28). The third-order valence-corrected chi connectivity index (χ3v) is 4.27. The molecule has 0 bridgehead atoms. The lowest BCUT2D eigenvalue weighted by Crippen LogP contribution is -2.19. The Hall–Kier alpha value is -2.87. The highest BCUT2D eigenvalue weighted by molar-refractivity contribution is 6.30. The molecule has 0 spiro atoms. The molecule has 28 heavy (non-hydrogen) atoms. The number of carbonyl (C=O) groups excluding carboxylic acids is 1. The second kappa shape index (κ2) is 7.63. The number of amides is 1. The van der Waals surface area contributed by atoms with Gasteiger partial charge in [-0.3, -0.25) is 4.79 Å². The van der Waals surface area contributed by atoms with Gasteiger partial charge in [-0.15, -0.1) is 5.10 Å². The highest BCUT2D eigenvalue weighted by atomic mass is 35.5. The van der Waals surface area contributed by atoms with Gasteiger partial charge in [-0.1, -0.05) is 42.8 Å². The first kappa shape index (κ1) is 19.9. The maximum atomic E-state index is 13.2. The van der Waals surface area contributed by atoms with Gasteiger partial charge < -0.3 is 5.32 Å². The number of rotatable bonds is 4. The van der Waals surface area contributed by atoms with Crippen LogP contribution in [-0.4, -0.2) is 20.9 Å². The molecule has 0 atom stereocenters. The quantitative estimate of drug-likeness (QED) is 0.636. The highest BCUT2D eigenvalue weighted by Crippen LogP contribution is 2.35. The Balaban J connectivity index is 1.99. The van der Waals surface area contributed by atoms with Crippen molar-refractivity contribution >= 4 is 23.2 Å². The van der Waals surface area contributed by atoms with Gasteiger partial charge in [0.2, 0.25) is 0 Å². The normalized spacial score (nSPS) is 11.7. The average Bonchev–Trinajstić information content (AvgIpc) is 3.07. The van der Waals surface area contributed by atoms with Crippen molar-refractivity contribution in [1.29, 1.82) is 0 Å². The molecule has 0 aliphatic rings. The Kier molecular flexibility index (Phi) is 5.42. The van der Waals surface area contributed by atoms with Crippen LogP contribution in [0, 0.1) is 0 Å². The van der Waals surface area contributed by atoms with E-state index in [2.05, 4.69) is 15.6 Å². The van der Waals surface area contributed by atoms with E-state index < -0.39 is 17.6 Å². The zero-order chi connectivity index (χ0) is 20.5. The van der Waals surface area contributed by atoms with Crippen LogP contribution in [0.5, 0.6) is 0 Å². The van der Waals surface area contributed by atoms with Crippen LogP contribution in [0.2, 0.25) is 5.02 Å². The lowest BCUT2D eigenvalue weighted by atomic mass is 10.1. The van der Waals surface area contributed by atoms with E-state index in [1.54, 1.807) is 24.3 Å². The molecule has 0 unspecified atom stereocenters. The molecule has 3 rings (SSSR count).